The van der Waals surface area contributed by atoms with Crippen LogP contribution in [0, 0.1) is 0 Å². The molecule has 214 valence electrons. The molecular formula is C33H32N4O5. The molecule has 0 radical (unpaired) electrons. The molecule has 9 nitrogen and oxygen atoms in total. The second-order valence-electron chi connectivity index (χ2n) is 11.3. The SMILES string of the molecule is CC1CN(C(=O)c2ccc3c(c2)C(=O)N(C2CCC(=O)NC2=O)C3=O)CC(C)N1C(c1ccccc1)c1ccccc1. The van der Waals surface area contributed by atoms with Crippen molar-refractivity contribution in [1.82, 2.24) is 20.0 Å². The summed E-state index contributed by atoms with van der Waals surface area (Å²) < 4.78 is 0. The average Bonchev–Trinajstić information content (AvgIpc) is 3.24. The summed E-state index contributed by atoms with van der Waals surface area (Å²) in [5.74, 6) is -2.52. The van der Waals surface area contributed by atoms with Crippen LogP contribution in [0.5, 0.6) is 0 Å². The Labute approximate surface area is 244 Å². The van der Waals surface area contributed by atoms with Crippen molar-refractivity contribution in [3.05, 3.63) is 107 Å². The molecule has 2 fully saturated rings. The normalized spacial score (nSPS) is 22.9. The molecule has 3 aliphatic heterocycles. The maximum absolute atomic E-state index is 13.8. The summed E-state index contributed by atoms with van der Waals surface area (Å²) in [5, 5.41) is 2.20. The van der Waals surface area contributed by atoms with Gasteiger partial charge in [-0.2, -0.15) is 0 Å². The molecule has 6 rings (SSSR count). The van der Waals surface area contributed by atoms with Crippen LogP contribution in [0.15, 0.2) is 78.9 Å². The van der Waals surface area contributed by atoms with Crippen molar-refractivity contribution >= 4 is 29.5 Å². The van der Waals surface area contributed by atoms with Crippen molar-refractivity contribution in [3.8, 4) is 0 Å². The summed E-state index contributed by atoms with van der Waals surface area (Å²) in [7, 11) is 0. The predicted molar refractivity (Wildman–Crippen MR) is 155 cm³/mol. The molecule has 5 amide bonds. The number of rotatable bonds is 5. The van der Waals surface area contributed by atoms with E-state index in [1.54, 1.807) is 11.0 Å². The minimum absolute atomic E-state index is 0.0246. The minimum atomic E-state index is -1.05. The fraction of sp³-hybridized carbons (Fsp3) is 0.303. The van der Waals surface area contributed by atoms with Gasteiger partial charge in [0.2, 0.25) is 11.8 Å². The molecule has 3 atom stereocenters. The van der Waals surface area contributed by atoms with Gasteiger partial charge in [0.15, 0.2) is 0 Å². The molecule has 1 N–H and O–H groups in total. The zero-order chi connectivity index (χ0) is 29.5. The number of hydrogen-bond donors (Lipinski definition) is 1. The highest BCUT2D eigenvalue weighted by molar-refractivity contribution is 6.24. The van der Waals surface area contributed by atoms with E-state index in [-0.39, 0.29) is 48.0 Å². The van der Waals surface area contributed by atoms with Gasteiger partial charge in [0, 0.05) is 37.2 Å². The zero-order valence-electron chi connectivity index (χ0n) is 23.5. The van der Waals surface area contributed by atoms with Crippen molar-refractivity contribution in [2.24, 2.45) is 0 Å². The number of piperazine rings is 1. The van der Waals surface area contributed by atoms with Gasteiger partial charge < -0.3 is 4.90 Å². The summed E-state index contributed by atoms with van der Waals surface area (Å²) in [6.07, 6.45) is 0.125. The maximum atomic E-state index is 13.8. The monoisotopic (exact) mass is 564 g/mol. The van der Waals surface area contributed by atoms with Gasteiger partial charge in [0.1, 0.15) is 6.04 Å². The van der Waals surface area contributed by atoms with Crippen molar-refractivity contribution in [1.29, 1.82) is 0 Å². The summed E-state index contributed by atoms with van der Waals surface area (Å²) in [6, 6.07) is 24.3. The van der Waals surface area contributed by atoms with E-state index in [1.165, 1.54) is 23.3 Å². The number of imide groups is 2. The number of benzene rings is 3. The first-order valence-electron chi connectivity index (χ1n) is 14.3. The van der Waals surface area contributed by atoms with Gasteiger partial charge in [0.05, 0.1) is 17.2 Å². The van der Waals surface area contributed by atoms with E-state index in [9.17, 15) is 24.0 Å². The highest BCUT2D eigenvalue weighted by Crippen LogP contribution is 2.35. The molecule has 3 aromatic carbocycles. The van der Waals surface area contributed by atoms with Crippen LogP contribution in [-0.4, -0.2) is 75.5 Å². The van der Waals surface area contributed by atoms with Crippen LogP contribution in [0.4, 0.5) is 0 Å². The number of nitrogens with zero attached hydrogens (tertiary/aromatic N) is 3. The molecule has 2 saturated heterocycles. The molecule has 3 aliphatic rings. The van der Waals surface area contributed by atoms with Crippen LogP contribution in [0.2, 0.25) is 0 Å². The highest BCUT2D eigenvalue weighted by atomic mass is 16.2. The Morgan fingerprint density at radius 1 is 0.786 bits per heavy atom. The van der Waals surface area contributed by atoms with Crippen LogP contribution in [0.3, 0.4) is 0 Å². The van der Waals surface area contributed by atoms with Gasteiger partial charge in [-0.25, -0.2) is 0 Å². The maximum Gasteiger partial charge on any atom is 0.262 e. The molecule has 3 aromatic rings. The Kier molecular flexibility index (Phi) is 7.20. The number of piperidine rings is 1. The van der Waals surface area contributed by atoms with Gasteiger partial charge in [-0.05, 0) is 49.6 Å². The molecule has 0 bridgehead atoms. The quantitative estimate of drug-likeness (QED) is 0.476. The Morgan fingerprint density at radius 3 is 1.93 bits per heavy atom. The summed E-state index contributed by atoms with van der Waals surface area (Å²) in [6.45, 7) is 5.23. The number of carbonyl (C=O) groups is 5. The molecule has 0 saturated carbocycles. The fourth-order valence-electron chi connectivity index (χ4n) is 6.60. The van der Waals surface area contributed by atoms with Crippen LogP contribution >= 0.6 is 0 Å². The lowest BCUT2D eigenvalue weighted by Gasteiger charge is -2.48. The van der Waals surface area contributed by atoms with Crippen molar-refractivity contribution in [3.63, 3.8) is 0 Å². The number of amides is 5. The Hall–Kier alpha value is -4.63. The first kappa shape index (κ1) is 27.5. The third-order valence-corrected chi connectivity index (χ3v) is 8.49. The van der Waals surface area contributed by atoms with Crippen molar-refractivity contribution in [2.45, 2.75) is 50.9 Å². The lowest BCUT2D eigenvalue weighted by atomic mass is 9.92. The van der Waals surface area contributed by atoms with E-state index >= 15 is 0 Å². The molecule has 0 aromatic heterocycles. The first-order valence-corrected chi connectivity index (χ1v) is 14.3. The number of hydrogen-bond acceptors (Lipinski definition) is 6. The first-order chi connectivity index (χ1) is 20.2. The van der Waals surface area contributed by atoms with Crippen LogP contribution in [0.1, 0.15) is 74.9 Å². The van der Waals surface area contributed by atoms with E-state index in [0.29, 0.717) is 18.7 Å². The lowest BCUT2D eigenvalue weighted by molar-refractivity contribution is -0.136. The molecule has 3 unspecified atom stereocenters. The summed E-state index contributed by atoms with van der Waals surface area (Å²) >= 11 is 0. The van der Waals surface area contributed by atoms with Gasteiger partial charge in [-0.15, -0.1) is 0 Å². The average molecular weight is 565 g/mol. The van der Waals surface area contributed by atoms with Crippen LogP contribution in [0.25, 0.3) is 0 Å². The summed E-state index contributed by atoms with van der Waals surface area (Å²) in [5.41, 5.74) is 2.94. The highest BCUT2D eigenvalue weighted by Gasteiger charge is 2.45. The molecule has 0 aliphatic carbocycles. The topological polar surface area (TPSA) is 107 Å². The number of fused-ring (bicyclic) bond motifs is 1. The zero-order valence-corrected chi connectivity index (χ0v) is 23.5. The Bertz CT molecular complexity index is 1520. The second-order valence-corrected chi connectivity index (χ2v) is 11.3. The number of nitrogens with one attached hydrogen (secondary N) is 1. The van der Waals surface area contributed by atoms with E-state index in [1.807, 2.05) is 36.4 Å². The molecule has 3 heterocycles. The van der Waals surface area contributed by atoms with E-state index in [0.717, 1.165) is 4.90 Å². The smallest absolute Gasteiger partial charge is 0.262 e. The standard InChI is InChI=1S/C33H32N4O5/c1-20-18-35(19-21(2)36(20)29(22-9-5-3-6-10-22)23-11-7-4-8-12-23)31(40)24-13-14-25-26(17-24)33(42)37(32(25)41)27-15-16-28(38)34-30(27)39/h3-14,17,20-21,27,29H,15-16,18-19H2,1-2H3,(H,34,38,39). The third kappa shape index (κ3) is 4.79. The Balaban J connectivity index is 1.23. The van der Waals surface area contributed by atoms with Gasteiger partial charge >= 0.3 is 0 Å². The summed E-state index contributed by atoms with van der Waals surface area (Å²) in [4.78, 5) is 69.3. The van der Waals surface area contributed by atoms with E-state index in [2.05, 4.69) is 48.3 Å². The molecule has 42 heavy (non-hydrogen) atoms. The predicted octanol–water partition coefficient (Wildman–Crippen LogP) is 3.41. The molecular weight excluding hydrogens is 532 g/mol. The van der Waals surface area contributed by atoms with Crippen LogP contribution < -0.4 is 5.32 Å². The number of carbonyl (C=O) groups excluding carboxylic acids is 5. The van der Waals surface area contributed by atoms with Crippen molar-refractivity contribution in [2.75, 3.05) is 13.1 Å². The largest absolute Gasteiger partial charge is 0.336 e. The minimum Gasteiger partial charge on any atom is -0.336 e. The van der Waals surface area contributed by atoms with E-state index in [4.69, 9.17) is 0 Å². The van der Waals surface area contributed by atoms with Gasteiger partial charge in [-0.3, -0.25) is 39.1 Å². The lowest BCUT2D eigenvalue weighted by Crippen LogP contribution is -2.59. The third-order valence-electron chi connectivity index (χ3n) is 8.49. The van der Waals surface area contributed by atoms with Gasteiger partial charge in [0.25, 0.3) is 17.7 Å². The molecule has 0 spiro atoms. The Morgan fingerprint density at radius 2 is 1.36 bits per heavy atom. The van der Waals surface area contributed by atoms with E-state index < -0.39 is 29.7 Å². The fourth-order valence-corrected chi connectivity index (χ4v) is 6.60. The van der Waals surface area contributed by atoms with Crippen molar-refractivity contribution < 1.29 is 24.0 Å². The van der Waals surface area contributed by atoms with Gasteiger partial charge in [-0.1, -0.05) is 60.7 Å². The van der Waals surface area contributed by atoms with Crippen LogP contribution in [-0.2, 0) is 9.59 Å². The second kappa shape index (κ2) is 11.0. The molecule has 9 heteroatoms.